The summed E-state index contributed by atoms with van der Waals surface area (Å²) in [4.78, 5) is 21.9. The lowest BCUT2D eigenvalue weighted by Gasteiger charge is -2.29. The SMILES string of the molecule is COP(=O)(O)c1ccc(-c2cc(N3CCOCC3)nc3c(C4CCNN4)nccc23)cc1. The zero-order valence-corrected chi connectivity index (χ0v) is 18.7. The van der Waals surface area contributed by atoms with Gasteiger partial charge in [-0.05, 0) is 41.8 Å². The first kappa shape index (κ1) is 21.5. The molecule has 2 fully saturated rings. The number of rotatable bonds is 5. The molecule has 9 nitrogen and oxygen atoms in total. The molecular weight excluding hydrogens is 429 g/mol. The number of hydrogen-bond donors (Lipinski definition) is 3. The van der Waals surface area contributed by atoms with Crippen LogP contribution < -0.4 is 21.1 Å². The van der Waals surface area contributed by atoms with E-state index in [1.54, 1.807) is 12.1 Å². The Morgan fingerprint density at radius 1 is 1.22 bits per heavy atom. The van der Waals surface area contributed by atoms with Crippen molar-refractivity contribution in [2.75, 3.05) is 44.9 Å². The second-order valence-corrected chi connectivity index (χ2v) is 9.80. The van der Waals surface area contributed by atoms with Gasteiger partial charge in [0.2, 0.25) is 0 Å². The molecule has 1 aromatic carbocycles. The number of hydrogen-bond acceptors (Lipinski definition) is 8. The number of nitrogens with one attached hydrogen (secondary N) is 2. The van der Waals surface area contributed by atoms with Gasteiger partial charge in [-0.1, -0.05) is 12.1 Å². The van der Waals surface area contributed by atoms with Crippen molar-refractivity contribution < 1.29 is 18.7 Å². The predicted molar refractivity (Wildman–Crippen MR) is 123 cm³/mol. The molecule has 2 atom stereocenters. The fourth-order valence-corrected chi connectivity index (χ4v) is 4.97. The van der Waals surface area contributed by atoms with Crippen LogP contribution in [0.15, 0.2) is 42.6 Å². The number of anilines is 1. The van der Waals surface area contributed by atoms with Gasteiger partial charge in [0.15, 0.2) is 0 Å². The summed E-state index contributed by atoms with van der Waals surface area (Å²) in [6.07, 6.45) is 2.75. The van der Waals surface area contributed by atoms with Crippen LogP contribution >= 0.6 is 7.60 Å². The maximum absolute atomic E-state index is 12.2. The van der Waals surface area contributed by atoms with Gasteiger partial charge < -0.3 is 19.1 Å². The highest BCUT2D eigenvalue weighted by Gasteiger charge is 2.24. The molecule has 0 amide bonds. The number of aromatic nitrogens is 2. The predicted octanol–water partition coefficient (Wildman–Crippen LogP) is 2.13. The van der Waals surface area contributed by atoms with E-state index in [1.165, 1.54) is 7.11 Å². The molecule has 2 aromatic heterocycles. The van der Waals surface area contributed by atoms with Crippen LogP contribution in [0, 0.1) is 0 Å². The normalized spacial score (nSPS) is 21.1. The molecule has 0 saturated carbocycles. The molecule has 2 unspecified atom stereocenters. The third kappa shape index (κ3) is 4.03. The Morgan fingerprint density at radius 3 is 2.69 bits per heavy atom. The monoisotopic (exact) mass is 455 g/mol. The van der Waals surface area contributed by atoms with Crippen molar-refractivity contribution in [3.05, 3.63) is 48.3 Å². The smallest absolute Gasteiger partial charge is 0.358 e. The van der Waals surface area contributed by atoms with Gasteiger partial charge in [0.05, 0.1) is 35.8 Å². The van der Waals surface area contributed by atoms with E-state index in [4.69, 9.17) is 14.2 Å². The lowest BCUT2D eigenvalue weighted by molar-refractivity contribution is 0.122. The Kier molecular flexibility index (Phi) is 5.94. The van der Waals surface area contributed by atoms with Crippen molar-refractivity contribution in [1.29, 1.82) is 0 Å². The summed E-state index contributed by atoms with van der Waals surface area (Å²) in [6.45, 7) is 3.76. The van der Waals surface area contributed by atoms with Gasteiger partial charge in [-0.2, -0.15) is 0 Å². The molecule has 0 spiro atoms. The molecule has 5 rings (SSSR count). The molecule has 3 aromatic rings. The number of nitrogens with zero attached hydrogens (tertiary/aromatic N) is 3. The molecule has 32 heavy (non-hydrogen) atoms. The van der Waals surface area contributed by atoms with Crippen molar-refractivity contribution in [3.63, 3.8) is 0 Å². The van der Waals surface area contributed by atoms with E-state index in [1.807, 2.05) is 24.4 Å². The number of hydrazine groups is 1. The highest BCUT2D eigenvalue weighted by Crippen LogP contribution is 2.40. The number of fused-ring (bicyclic) bond motifs is 1. The lowest BCUT2D eigenvalue weighted by atomic mass is 9.99. The van der Waals surface area contributed by atoms with Crippen LogP contribution in [-0.4, -0.2) is 54.8 Å². The Hall–Kier alpha value is -2.39. The third-order valence-electron chi connectivity index (χ3n) is 5.99. The largest absolute Gasteiger partial charge is 0.378 e. The molecule has 10 heteroatoms. The van der Waals surface area contributed by atoms with E-state index >= 15 is 0 Å². The van der Waals surface area contributed by atoms with E-state index in [-0.39, 0.29) is 11.3 Å². The van der Waals surface area contributed by atoms with E-state index < -0.39 is 7.60 Å². The van der Waals surface area contributed by atoms with E-state index in [0.29, 0.717) is 13.2 Å². The summed E-state index contributed by atoms with van der Waals surface area (Å²) in [7, 11) is -2.56. The molecule has 0 bridgehead atoms. The Balaban J connectivity index is 1.66. The maximum atomic E-state index is 12.2. The topological polar surface area (TPSA) is 109 Å². The Bertz CT molecular complexity index is 1160. The first-order valence-electron chi connectivity index (χ1n) is 10.7. The zero-order chi connectivity index (χ0) is 22.1. The minimum absolute atomic E-state index is 0.0864. The number of ether oxygens (including phenoxy) is 1. The third-order valence-corrected chi connectivity index (χ3v) is 7.44. The average molecular weight is 455 g/mol. The highest BCUT2D eigenvalue weighted by molar-refractivity contribution is 7.61. The maximum Gasteiger partial charge on any atom is 0.358 e. The number of benzene rings is 1. The van der Waals surface area contributed by atoms with Crippen molar-refractivity contribution in [3.8, 4) is 11.1 Å². The molecular formula is C22H26N5O4P. The molecule has 2 saturated heterocycles. The van der Waals surface area contributed by atoms with Crippen LogP contribution in [0.25, 0.3) is 22.0 Å². The summed E-state index contributed by atoms with van der Waals surface area (Å²) >= 11 is 0. The molecule has 168 valence electrons. The Morgan fingerprint density at radius 2 is 2.00 bits per heavy atom. The summed E-state index contributed by atoms with van der Waals surface area (Å²) in [5.74, 6) is 0.879. The first-order chi connectivity index (χ1) is 15.6. The quantitative estimate of drug-likeness (QED) is 0.499. The van der Waals surface area contributed by atoms with Crippen molar-refractivity contribution in [2.45, 2.75) is 12.5 Å². The molecule has 0 radical (unpaired) electrons. The fraction of sp³-hybridized carbons (Fsp3) is 0.364. The highest BCUT2D eigenvalue weighted by atomic mass is 31.2. The van der Waals surface area contributed by atoms with Crippen LogP contribution in [0.2, 0.25) is 0 Å². The van der Waals surface area contributed by atoms with Gasteiger partial charge in [-0.25, -0.2) is 10.4 Å². The second kappa shape index (κ2) is 8.86. The van der Waals surface area contributed by atoms with Crippen molar-refractivity contribution >= 4 is 29.6 Å². The van der Waals surface area contributed by atoms with E-state index in [0.717, 1.165) is 59.6 Å². The van der Waals surface area contributed by atoms with Crippen LogP contribution in [0.4, 0.5) is 5.82 Å². The summed E-state index contributed by atoms with van der Waals surface area (Å²) < 4.78 is 22.5. The van der Waals surface area contributed by atoms with Gasteiger partial charge >= 0.3 is 7.60 Å². The van der Waals surface area contributed by atoms with Gasteiger partial charge in [0.25, 0.3) is 0 Å². The standard InChI is InChI=1S/C22H26N5O4P/c1-30-32(28,29)16-4-2-15(3-5-16)18-14-20(27-10-12-31-13-11-27)25-21-17(18)6-8-23-22(21)19-7-9-24-26-19/h2-6,8,14,19,24,26H,7,9-13H2,1H3,(H,28,29). The van der Waals surface area contributed by atoms with Gasteiger partial charge in [-0.15, -0.1) is 0 Å². The number of pyridine rings is 2. The van der Waals surface area contributed by atoms with Crippen molar-refractivity contribution in [2.24, 2.45) is 0 Å². The summed E-state index contributed by atoms with van der Waals surface area (Å²) in [5.41, 5.74) is 10.2. The first-order valence-corrected chi connectivity index (χ1v) is 12.2. The minimum Gasteiger partial charge on any atom is -0.378 e. The van der Waals surface area contributed by atoms with E-state index in [2.05, 4.69) is 26.8 Å². The van der Waals surface area contributed by atoms with Crippen LogP contribution in [0.1, 0.15) is 18.2 Å². The van der Waals surface area contributed by atoms with Crippen LogP contribution in [-0.2, 0) is 13.8 Å². The molecule has 2 aliphatic heterocycles. The second-order valence-electron chi connectivity index (χ2n) is 7.88. The van der Waals surface area contributed by atoms with Crippen LogP contribution in [0.3, 0.4) is 0 Å². The Labute approximate surface area is 186 Å². The zero-order valence-electron chi connectivity index (χ0n) is 17.8. The average Bonchev–Trinajstić information content (AvgIpc) is 3.38. The van der Waals surface area contributed by atoms with Gasteiger partial charge in [0.1, 0.15) is 5.82 Å². The molecule has 0 aliphatic carbocycles. The summed E-state index contributed by atoms with van der Waals surface area (Å²) in [6, 6.07) is 11.1. The summed E-state index contributed by atoms with van der Waals surface area (Å²) in [5, 5.41) is 1.26. The fourth-order valence-electron chi connectivity index (χ4n) is 4.23. The van der Waals surface area contributed by atoms with Gasteiger partial charge in [-0.3, -0.25) is 15.0 Å². The van der Waals surface area contributed by atoms with E-state index in [9.17, 15) is 9.46 Å². The van der Waals surface area contributed by atoms with Crippen molar-refractivity contribution in [1.82, 2.24) is 20.8 Å². The number of morpholine rings is 1. The molecule has 4 heterocycles. The minimum atomic E-state index is -3.80. The lowest BCUT2D eigenvalue weighted by Crippen LogP contribution is -2.36. The molecule has 3 N–H and O–H groups in total. The van der Waals surface area contributed by atoms with Crippen LogP contribution in [0.5, 0.6) is 0 Å². The van der Waals surface area contributed by atoms with Gasteiger partial charge in [0, 0.05) is 38.3 Å². The molecule has 2 aliphatic rings.